The largest absolute Gasteiger partial charge is 0.462 e. The van der Waals surface area contributed by atoms with Gasteiger partial charge >= 0.3 is 12.1 Å². The van der Waals surface area contributed by atoms with Crippen LogP contribution in [0.25, 0.3) is 11.3 Å². The van der Waals surface area contributed by atoms with E-state index >= 15 is 0 Å². The van der Waals surface area contributed by atoms with E-state index in [1.54, 1.807) is 23.2 Å². The third-order valence-corrected chi connectivity index (χ3v) is 4.33. The van der Waals surface area contributed by atoms with Crippen LogP contribution in [-0.2, 0) is 17.5 Å². The molecule has 0 unspecified atom stereocenters. The van der Waals surface area contributed by atoms with E-state index in [2.05, 4.69) is 10.1 Å². The van der Waals surface area contributed by atoms with Crippen molar-refractivity contribution in [3.63, 3.8) is 0 Å². The van der Waals surface area contributed by atoms with Gasteiger partial charge in [0, 0.05) is 17.1 Å². The van der Waals surface area contributed by atoms with Gasteiger partial charge in [0.25, 0.3) is 0 Å². The lowest BCUT2D eigenvalue weighted by Gasteiger charge is -2.06. The van der Waals surface area contributed by atoms with Crippen molar-refractivity contribution >= 4 is 17.3 Å². The summed E-state index contributed by atoms with van der Waals surface area (Å²) in [5.41, 5.74) is 0.857. The number of alkyl halides is 3. The number of thiazole rings is 1. The second kappa shape index (κ2) is 7.28. The molecule has 2 heterocycles. The van der Waals surface area contributed by atoms with Gasteiger partial charge in [-0.25, -0.2) is 9.78 Å². The molecule has 3 rings (SSSR count). The molecule has 0 aliphatic heterocycles. The second-order valence-corrected chi connectivity index (χ2v) is 6.29. The topological polar surface area (TPSA) is 57.0 Å². The molecular formula is C17H14F3N3O2S. The molecule has 0 fully saturated rings. The van der Waals surface area contributed by atoms with Gasteiger partial charge in [-0.15, -0.1) is 11.3 Å². The van der Waals surface area contributed by atoms with Crippen molar-refractivity contribution in [2.75, 3.05) is 6.61 Å². The fourth-order valence-electron chi connectivity index (χ4n) is 2.25. The van der Waals surface area contributed by atoms with Crippen LogP contribution in [0, 0.1) is 0 Å². The van der Waals surface area contributed by atoms with Crippen LogP contribution in [0.2, 0.25) is 0 Å². The lowest BCUT2D eigenvalue weighted by molar-refractivity contribution is -0.137. The highest BCUT2D eigenvalue weighted by Gasteiger charge is 2.30. The maximum atomic E-state index is 12.6. The molecule has 0 saturated heterocycles. The number of carbonyl (C=O) groups excluding carboxylic acids is 1. The molecule has 9 heteroatoms. The third-order valence-electron chi connectivity index (χ3n) is 3.50. The Morgan fingerprint density at radius 2 is 2.00 bits per heavy atom. The van der Waals surface area contributed by atoms with Gasteiger partial charge in [-0.05, 0) is 19.1 Å². The first-order valence-corrected chi connectivity index (χ1v) is 8.56. The summed E-state index contributed by atoms with van der Waals surface area (Å²) in [5.74, 6) is -0.441. The lowest BCUT2D eigenvalue weighted by atomic mass is 10.1. The number of rotatable bonds is 5. The van der Waals surface area contributed by atoms with Gasteiger partial charge in [-0.1, -0.05) is 12.1 Å². The monoisotopic (exact) mass is 381 g/mol. The second-order valence-electron chi connectivity index (χ2n) is 5.35. The fraction of sp³-hybridized carbons (Fsp3) is 0.235. The van der Waals surface area contributed by atoms with Crippen molar-refractivity contribution in [3.05, 3.63) is 58.2 Å². The highest BCUT2D eigenvalue weighted by molar-refractivity contribution is 7.09. The summed E-state index contributed by atoms with van der Waals surface area (Å²) in [7, 11) is 0. The Morgan fingerprint density at radius 3 is 2.65 bits per heavy atom. The molecule has 136 valence electrons. The summed E-state index contributed by atoms with van der Waals surface area (Å²) in [4.78, 5) is 16.0. The molecule has 0 aliphatic rings. The molecule has 0 atom stereocenters. The Balaban J connectivity index is 1.71. The normalized spacial score (nSPS) is 11.5. The molecule has 0 bridgehead atoms. The van der Waals surface area contributed by atoms with Gasteiger partial charge in [0.15, 0.2) is 0 Å². The van der Waals surface area contributed by atoms with Crippen LogP contribution in [0.1, 0.15) is 27.9 Å². The van der Waals surface area contributed by atoms with Crippen molar-refractivity contribution in [2.45, 2.75) is 19.6 Å². The van der Waals surface area contributed by atoms with Crippen LogP contribution in [0.15, 0.2) is 42.0 Å². The summed E-state index contributed by atoms with van der Waals surface area (Å²) in [6.07, 6.45) is -1.37. The first-order valence-electron chi connectivity index (χ1n) is 7.68. The Hall–Kier alpha value is -2.68. The Labute approximate surface area is 151 Å². The van der Waals surface area contributed by atoms with E-state index in [9.17, 15) is 18.0 Å². The highest BCUT2D eigenvalue weighted by atomic mass is 32.1. The Morgan fingerprint density at radius 1 is 1.27 bits per heavy atom. The van der Waals surface area contributed by atoms with Gasteiger partial charge in [0.05, 0.1) is 36.2 Å². The van der Waals surface area contributed by atoms with E-state index in [0.717, 1.165) is 17.1 Å². The van der Waals surface area contributed by atoms with E-state index in [1.165, 1.54) is 29.7 Å². The van der Waals surface area contributed by atoms with Gasteiger partial charge in [-0.2, -0.15) is 18.3 Å². The van der Waals surface area contributed by atoms with Crippen LogP contribution in [0.3, 0.4) is 0 Å². The number of aromatic nitrogens is 3. The summed E-state index contributed by atoms with van der Waals surface area (Å²) >= 11 is 1.37. The van der Waals surface area contributed by atoms with Crippen LogP contribution in [0.4, 0.5) is 13.2 Å². The van der Waals surface area contributed by atoms with Crippen LogP contribution < -0.4 is 0 Å². The van der Waals surface area contributed by atoms with Crippen LogP contribution in [-0.4, -0.2) is 27.3 Å². The molecule has 0 spiro atoms. The minimum atomic E-state index is -4.36. The molecule has 1 aromatic carbocycles. The Kier molecular flexibility index (Phi) is 5.08. The number of hydrogen-bond acceptors (Lipinski definition) is 5. The molecule has 0 saturated carbocycles. The van der Waals surface area contributed by atoms with E-state index in [0.29, 0.717) is 23.4 Å². The molecule has 5 nitrogen and oxygen atoms in total. The molecule has 2 aromatic heterocycles. The molecule has 0 N–H and O–H groups in total. The van der Waals surface area contributed by atoms with Gasteiger partial charge in [0.1, 0.15) is 5.01 Å². The smallest absolute Gasteiger partial charge is 0.416 e. The van der Waals surface area contributed by atoms with Gasteiger partial charge in [0.2, 0.25) is 0 Å². The maximum absolute atomic E-state index is 12.6. The summed E-state index contributed by atoms with van der Waals surface area (Å²) < 4.78 is 44.3. The minimum absolute atomic E-state index is 0.285. The van der Waals surface area contributed by atoms with Crippen molar-refractivity contribution in [1.82, 2.24) is 14.8 Å². The van der Waals surface area contributed by atoms with Crippen LogP contribution >= 0.6 is 11.3 Å². The molecule has 3 aromatic rings. The standard InChI is InChI=1S/C17H14F3N3O2S/c1-2-25-16(24)12-7-21-23(8-12)9-15-22-14(10-26-15)11-3-5-13(6-4-11)17(18,19)20/h3-8,10H,2,9H2,1H3. The molecular weight excluding hydrogens is 367 g/mol. The van der Waals surface area contributed by atoms with E-state index in [4.69, 9.17) is 4.74 Å². The predicted octanol–water partition coefficient (Wildman–Crippen LogP) is 4.25. The number of halogens is 3. The predicted molar refractivity (Wildman–Crippen MR) is 89.8 cm³/mol. The number of benzene rings is 1. The first kappa shape index (κ1) is 18.1. The molecule has 0 amide bonds. The van der Waals surface area contributed by atoms with Gasteiger partial charge in [-0.3, -0.25) is 4.68 Å². The first-order chi connectivity index (χ1) is 12.4. The van der Waals surface area contributed by atoms with Crippen molar-refractivity contribution in [1.29, 1.82) is 0 Å². The van der Waals surface area contributed by atoms with Crippen LogP contribution in [0.5, 0.6) is 0 Å². The Bertz CT molecular complexity index is 901. The number of hydrogen-bond donors (Lipinski definition) is 0. The minimum Gasteiger partial charge on any atom is -0.462 e. The zero-order chi connectivity index (χ0) is 18.7. The molecule has 0 radical (unpaired) electrons. The summed E-state index contributed by atoms with van der Waals surface area (Å²) in [5, 5.41) is 6.59. The van der Waals surface area contributed by atoms with Crippen molar-refractivity contribution in [2.24, 2.45) is 0 Å². The average molecular weight is 381 g/mol. The van der Waals surface area contributed by atoms with E-state index in [-0.39, 0.29) is 6.61 Å². The number of esters is 1. The van der Waals surface area contributed by atoms with Crippen molar-refractivity contribution in [3.8, 4) is 11.3 Å². The zero-order valence-electron chi connectivity index (χ0n) is 13.7. The average Bonchev–Trinajstić information content (AvgIpc) is 3.24. The highest BCUT2D eigenvalue weighted by Crippen LogP contribution is 2.31. The fourth-order valence-corrected chi connectivity index (χ4v) is 3.05. The number of nitrogens with zero attached hydrogens (tertiary/aromatic N) is 3. The van der Waals surface area contributed by atoms with E-state index < -0.39 is 17.7 Å². The van der Waals surface area contributed by atoms with Gasteiger partial charge < -0.3 is 4.74 Å². The molecule has 26 heavy (non-hydrogen) atoms. The third kappa shape index (κ3) is 4.10. The number of ether oxygens (including phenoxy) is 1. The van der Waals surface area contributed by atoms with Crippen molar-refractivity contribution < 1.29 is 22.7 Å². The lowest BCUT2D eigenvalue weighted by Crippen LogP contribution is -2.04. The number of carbonyl (C=O) groups is 1. The maximum Gasteiger partial charge on any atom is 0.416 e. The SMILES string of the molecule is CCOC(=O)c1cnn(Cc2nc(-c3ccc(C(F)(F)F)cc3)cs2)c1. The summed E-state index contributed by atoms with van der Waals surface area (Å²) in [6.45, 7) is 2.36. The van der Waals surface area contributed by atoms with E-state index in [1.807, 2.05) is 0 Å². The quantitative estimate of drug-likeness (QED) is 0.620. The molecule has 0 aliphatic carbocycles. The zero-order valence-corrected chi connectivity index (χ0v) is 14.5. The summed E-state index contributed by atoms with van der Waals surface area (Å²) in [6, 6.07) is 4.86.